The second-order valence-corrected chi connectivity index (χ2v) is 5.95. The molecular formula is C14H27N3S. The van der Waals surface area contributed by atoms with E-state index in [0.717, 1.165) is 18.8 Å². The summed E-state index contributed by atoms with van der Waals surface area (Å²) in [5.41, 5.74) is 8.99. The first-order chi connectivity index (χ1) is 8.69. The predicted octanol–water partition coefficient (Wildman–Crippen LogP) is 3.18. The average Bonchev–Trinajstić information content (AvgIpc) is 2.75. The lowest BCUT2D eigenvalue weighted by Gasteiger charge is -2.26. The van der Waals surface area contributed by atoms with Crippen LogP contribution in [0.2, 0.25) is 0 Å². The zero-order chi connectivity index (χ0) is 13.4. The van der Waals surface area contributed by atoms with E-state index in [0.29, 0.717) is 6.04 Å². The van der Waals surface area contributed by atoms with Crippen molar-refractivity contribution in [2.24, 2.45) is 5.73 Å². The third kappa shape index (κ3) is 5.04. The highest BCUT2D eigenvalue weighted by Gasteiger charge is 2.14. The monoisotopic (exact) mass is 269 g/mol. The lowest BCUT2D eigenvalue weighted by Crippen LogP contribution is -2.37. The van der Waals surface area contributed by atoms with Crippen LogP contribution in [0, 0.1) is 6.92 Å². The maximum atomic E-state index is 5.90. The molecule has 1 atom stereocenters. The molecule has 18 heavy (non-hydrogen) atoms. The summed E-state index contributed by atoms with van der Waals surface area (Å²) in [7, 11) is 2.18. The van der Waals surface area contributed by atoms with Gasteiger partial charge >= 0.3 is 0 Å². The summed E-state index contributed by atoms with van der Waals surface area (Å²) in [5, 5.41) is 0. The van der Waals surface area contributed by atoms with Crippen molar-refractivity contribution < 1.29 is 0 Å². The molecular weight excluding hydrogens is 242 g/mol. The van der Waals surface area contributed by atoms with E-state index < -0.39 is 0 Å². The average molecular weight is 269 g/mol. The van der Waals surface area contributed by atoms with Crippen molar-refractivity contribution in [3.63, 3.8) is 0 Å². The van der Waals surface area contributed by atoms with Crippen molar-refractivity contribution in [2.75, 3.05) is 13.6 Å². The molecule has 1 aromatic rings. The minimum atomic E-state index is 0.503. The third-order valence-corrected chi connectivity index (χ3v) is 4.44. The van der Waals surface area contributed by atoms with Crippen molar-refractivity contribution >= 4 is 11.3 Å². The first kappa shape index (κ1) is 15.6. The maximum Gasteiger partial charge on any atom is 0.0798 e. The standard InChI is InChI=1S/C14H27N3S/c1-4-5-6-7-8-13(9-15)17(3)10-14-12(2)16-11-18-14/h11,13H,4-10,15H2,1-3H3. The van der Waals surface area contributed by atoms with Crippen molar-refractivity contribution in [3.8, 4) is 0 Å². The minimum Gasteiger partial charge on any atom is -0.329 e. The Hall–Kier alpha value is -0.450. The fourth-order valence-electron chi connectivity index (χ4n) is 2.16. The van der Waals surface area contributed by atoms with Crippen LogP contribution >= 0.6 is 11.3 Å². The van der Waals surface area contributed by atoms with E-state index in [4.69, 9.17) is 5.73 Å². The molecule has 0 saturated heterocycles. The van der Waals surface area contributed by atoms with E-state index in [-0.39, 0.29) is 0 Å². The SMILES string of the molecule is CCCCCCC(CN)N(C)Cc1scnc1C. The summed E-state index contributed by atoms with van der Waals surface area (Å²) in [6.45, 7) is 6.06. The summed E-state index contributed by atoms with van der Waals surface area (Å²) in [6, 6.07) is 0.503. The van der Waals surface area contributed by atoms with Crippen LogP contribution in [-0.2, 0) is 6.54 Å². The highest BCUT2D eigenvalue weighted by atomic mass is 32.1. The minimum absolute atomic E-state index is 0.503. The Kier molecular flexibility index (Phi) is 7.47. The molecule has 0 aliphatic carbocycles. The molecule has 104 valence electrons. The number of hydrogen-bond donors (Lipinski definition) is 1. The van der Waals surface area contributed by atoms with Crippen LogP contribution < -0.4 is 5.73 Å². The molecule has 4 heteroatoms. The number of aromatic nitrogens is 1. The number of unbranched alkanes of at least 4 members (excludes halogenated alkanes) is 3. The zero-order valence-electron chi connectivity index (χ0n) is 12.0. The summed E-state index contributed by atoms with van der Waals surface area (Å²) >= 11 is 1.74. The first-order valence-corrected chi connectivity index (χ1v) is 7.86. The van der Waals surface area contributed by atoms with Crippen LogP contribution in [0.1, 0.15) is 49.6 Å². The molecule has 0 spiro atoms. The van der Waals surface area contributed by atoms with Crippen molar-refractivity contribution in [3.05, 3.63) is 16.1 Å². The molecule has 1 aromatic heterocycles. The summed E-state index contributed by atoms with van der Waals surface area (Å²) in [5.74, 6) is 0. The van der Waals surface area contributed by atoms with Gasteiger partial charge in [-0.3, -0.25) is 4.90 Å². The summed E-state index contributed by atoms with van der Waals surface area (Å²) < 4.78 is 0. The molecule has 1 heterocycles. The van der Waals surface area contributed by atoms with Crippen LogP contribution in [0.15, 0.2) is 5.51 Å². The number of aryl methyl sites for hydroxylation is 1. The van der Waals surface area contributed by atoms with Crippen molar-refractivity contribution in [1.29, 1.82) is 0 Å². The molecule has 0 aliphatic rings. The van der Waals surface area contributed by atoms with Gasteiger partial charge in [0.15, 0.2) is 0 Å². The summed E-state index contributed by atoms with van der Waals surface area (Å²) in [6.07, 6.45) is 6.48. The maximum absolute atomic E-state index is 5.90. The number of rotatable bonds is 9. The Morgan fingerprint density at radius 3 is 2.72 bits per heavy atom. The molecule has 0 fully saturated rings. The van der Waals surface area contributed by atoms with Gasteiger partial charge in [0, 0.05) is 24.0 Å². The van der Waals surface area contributed by atoms with Gasteiger partial charge in [0.05, 0.1) is 11.2 Å². The normalized spacial score (nSPS) is 13.2. The molecule has 0 aliphatic heterocycles. The van der Waals surface area contributed by atoms with Gasteiger partial charge in [-0.2, -0.15) is 0 Å². The Balaban J connectivity index is 2.37. The predicted molar refractivity (Wildman–Crippen MR) is 79.9 cm³/mol. The number of thiazole rings is 1. The van der Waals surface area contributed by atoms with E-state index in [1.807, 2.05) is 5.51 Å². The zero-order valence-corrected chi connectivity index (χ0v) is 12.8. The van der Waals surface area contributed by atoms with Crippen LogP contribution in [0.5, 0.6) is 0 Å². The molecule has 0 saturated carbocycles. The molecule has 1 unspecified atom stereocenters. The second kappa shape index (κ2) is 8.62. The Morgan fingerprint density at radius 1 is 1.39 bits per heavy atom. The Labute approximate surface area is 115 Å². The van der Waals surface area contributed by atoms with E-state index in [2.05, 4.69) is 30.8 Å². The van der Waals surface area contributed by atoms with Gasteiger partial charge in [0.25, 0.3) is 0 Å². The van der Waals surface area contributed by atoms with E-state index >= 15 is 0 Å². The van der Waals surface area contributed by atoms with Crippen LogP contribution in [0.3, 0.4) is 0 Å². The number of nitrogens with zero attached hydrogens (tertiary/aromatic N) is 2. The molecule has 0 aromatic carbocycles. The van der Waals surface area contributed by atoms with E-state index in [1.54, 1.807) is 11.3 Å². The first-order valence-electron chi connectivity index (χ1n) is 6.98. The lowest BCUT2D eigenvalue weighted by molar-refractivity contribution is 0.224. The largest absolute Gasteiger partial charge is 0.329 e. The molecule has 1 rings (SSSR count). The van der Waals surface area contributed by atoms with Gasteiger partial charge in [-0.05, 0) is 20.4 Å². The van der Waals surface area contributed by atoms with Gasteiger partial charge in [-0.25, -0.2) is 4.98 Å². The van der Waals surface area contributed by atoms with Crippen molar-refractivity contribution in [2.45, 2.75) is 58.5 Å². The van der Waals surface area contributed by atoms with Gasteiger partial charge < -0.3 is 5.73 Å². The lowest BCUT2D eigenvalue weighted by atomic mass is 10.1. The third-order valence-electron chi connectivity index (χ3n) is 3.52. The Bertz CT molecular complexity index is 325. The fourth-order valence-corrected chi connectivity index (χ4v) is 3.00. The molecule has 0 bridgehead atoms. The fraction of sp³-hybridized carbons (Fsp3) is 0.786. The van der Waals surface area contributed by atoms with Gasteiger partial charge in [0.2, 0.25) is 0 Å². The van der Waals surface area contributed by atoms with Crippen LogP contribution in [0.25, 0.3) is 0 Å². The van der Waals surface area contributed by atoms with Crippen molar-refractivity contribution in [1.82, 2.24) is 9.88 Å². The molecule has 3 nitrogen and oxygen atoms in total. The number of hydrogen-bond acceptors (Lipinski definition) is 4. The Morgan fingerprint density at radius 2 is 2.17 bits per heavy atom. The van der Waals surface area contributed by atoms with Gasteiger partial charge in [0.1, 0.15) is 0 Å². The van der Waals surface area contributed by atoms with Gasteiger partial charge in [-0.1, -0.05) is 32.6 Å². The van der Waals surface area contributed by atoms with Gasteiger partial charge in [-0.15, -0.1) is 11.3 Å². The molecule has 0 radical (unpaired) electrons. The highest BCUT2D eigenvalue weighted by Crippen LogP contribution is 2.17. The van der Waals surface area contributed by atoms with Crippen LogP contribution in [0.4, 0.5) is 0 Å². The molecule has 0 amide bonds. The number of likely N-dealkylation sites (N-methyl/N-ethyl adjacent to an activating group) is 1. The number of nitrogens with two attached hydrogens (primary N) is 1. The van der Waals surface area contributed by atoms with Crippen LogP contribution in [-0.4, -0.2) is 29.5 Å². The molecule has 2 N–H and O–H groups in total. The quantitative estimate of drug-likeness (QED) is 0.700. The smallest absolute Gasteiger partial charge is 0.0798 e. The highest BCUT2D eigenvalue weighted by molar-refractivity contribution is 7.09. The topological polar surface area (TPSA) is 42.1 Å². The summed E-state index contributed by atoms with van der Waals surface area (Å²) in [4.78, 5) is 8.05. The van der Waals surface area contributed by atoms with E-state index in [1.165, 1.54) is 37.0 Å². The second-order valence-electron chi connectivity index (χ2n) is 5.01. The van der Waals surface area contributed by atoms with E-state index in [9.17, 15) is 0 Å².